The Balaban J connectivity index is 1.45. The molecule has 3 N–H and O–H groups in total. The number of aromatic nitrogens is 4. The normalized spacial score (nSPS) is 23.7. The van der Waals surface area contributed by atoms with E-state index < -0.39 is 35.4 Å². The van der Waals surface area contributed by atoms with Crippen molar-refractivity contribution < 1.29 is 27.1 Å². The van der Waals surface area contributed by atoms with Crippen molar-refractivity contribution in [3.05, 3.63) is 35.8 Å². The second-order valence-corrected chi connectivity index (χ2v) is 10.6. The van der Waals surface area contributed by atoms with Gasteiger partial charge in [0.2, 0.25) is 5.88 Å². The molecule has 1 amide bonds. The SMILES string of the molecule is COc1ncc(-c2cc(C(F)(F)F)c3c(N)ncnn23)cc1C(=O)N[C@@H]1CN(C2CCCC2(C)C)C[C@@H]1F. The number of hydrogen-bond acceptors (Lipinski definition) is 7. The van der Waals surface area contributed by atoms with Gasteiger partial charge in [0.15, 0.2) is 5.82 Å². The number of pyridine rings is 1. The highest BCUT2D eigenvalue weighted by Gasteiger charge is 2.44. The van der Waals surface area contributed by atoms with Crippen molar-refractivity contribution in [3.8, 4) is 17.1 Å². The number of rotatable bonds is 5. The minimum absolute atomic E-state index is 0.00417. The van der Waals surface area contributed by atoms with Crippen LogP contribution in [-0.4, -0.2) is 68.8 Å². The van der Waals surface area contributed by atoms with Crippen LogP contribution in [0.2, 0.25) is 0 Å². The van der Waals surface area contributed by atoms with Crippen LogP contribution in [0.1, 0.15) is 49.0 Å². The van der Waals surface area contributed by atoms with Crippen molar-refractivity contribution in [1.82, 2.24) is 29.8 Å². The first-order chi connectivity index (χ1) is 17.9. The number of halogens is 4. The summed E-state index contributed by atoms with van der Waals surface area (Å²) in [4.78, 5) is 23.2. The van der Waals surface area contributed by atoms with Crippen LogP contribution in [0.5, 0.6) is 5.88 Å². The van der Waals surface area contributed by atoms with Crippen molar-refractivity contribution in [3.63, 3.8) is 0 Å². The number of nitrogen functional groups attached to an aromatic ring is 1. The molecule has 0 radical (unpaired) electrons. The van der Waals surface area contributed by atoms with E-state index in [1.165, 1.54) is 19.4 Å². The number of anilines is 1. The molecule has 2 fully saturated rings. The monoisotopic (exact) mass is 535 g/mol. The number of amides is 1. The number of nitrogens with two attached hydrogens (primary N) is 1. The largest absolute Gasteiger partial charge is 0.480 e. The minimum atomic E-state index is -4.72. The number of nitrogens with zero attached hydrogens (tertiary/aromatic N) is 5. The molecule has 0 spiro atoms. The average molecular weight is 536 g/mol. The molecule has 3 aromatic heterocycles. The molecule has 1 unspecified atom stereocenters. The highest BCUT2D eigenvalue weighted by atomic mass is 19.4. The zero-order valence-corrected chi connectivity index (χ0v) is 21.2. The van der Waals surface area contributed by atoms with Crippen LogP contribution >= 0.6 is 0 Å². The van der Waals surface area contributed by atoms with Crippen LogP contribution in [0.3, 0.4) is 0 Å². The van der Waals surface area contributed by atoms with E-state index in [4.69, 9.17) is 10.5 Å². The Hall–Kier alpha value is -3.48. The summed E-state index contributed by atoms with van der Waals surface area (Å²) in [6.07, 6.45) is -0.540. The maximum Gasteiger partial charge on any atom is 0.418 e. The summed E-state index contributed by atoms with van der Waals surface area (Å²) in [6, 6.07) is 1.72. The van der Waals surface area contributed by atoms with Gasteiger partial charge in [-0.2, -0.15) is 18.3 Å². The molecule has 2 aliphatic rings. The molecule has 1 aliphatic carbocycles. The minimum Gasteiger partial charge on any atom is -0.480 e. The molecule has 1 saturated carbocycles. The second kappa shape index (κ2) is 9.37. The number of likely N-dealkylation sites (tertiary alicyclic amines) is 1. The zero-order chi connectivity index (χ0) is 27.4. The van der Waals surface area contributed by atoms with Crippen LogP contribution in [0.4, 0.5) is 23.4 Å². The van der Waals surface area contributed by atoms with Gasteiger partial charge in [-0.05, 0) is 30.4 Å². The molecule has 204 valence electrons. The Morgan fingerprint density at radius 2 is 2.00 bits per heavy atom. The van der Waals surface area contributed by atoms with Gasteiger partial charge in [-0.3, -0.25) is 9.69 Å². The third-order valence-electron chi connectivity index (χ3n) is 7.71. The lowest BCUT2D eigenvalue weighted by Crippen LogP contribution is -2.44. The standard InChI is InChI=1S/C25H29F4N7O2/c1-24(2)6-4-5-19(24)35-10-16(26)17(11-35)34-22(37)14-7-13(9-31-23(14)38-3)18-8-15(25(27,28)29)20-21(30)32-12-33-36(18)20/h7-9,12,16-17,19H,4-6,10-11H2,1-3H3,(H,34,37)(H2,30,32,33)/t16-,17+,19?/m0/s1. The van der Waals surface area contributed by atoms with E-state index in [0.717, 1.165) is 36.2 Å². The van der Waals surface area contributed by atoms with E-state index in [2.05, 4.69) is 39.1 Å². The number of carbonyl (C=O) groups is 1. The maximum absolute atomic E-state index is 15.0. The number of nitrogens with one attached hydrogen (secondary N) is 1. The summed E-state index contributed by atoms with van der Waals surface area (Å²) in [6.45, 7) is 4.95. The Morgan fingerprint density at radius 3 is 2.66 bits per heavy atom. The summed E-state index contributed by atoms with van der Waals surface area (Å²) in [7, 11) is 1.32. The highest BCUT2D eigenvalue weighted by Crippen LogP contribution is 2.42. The Morgan fingerprint density at radius 1 is 1.24 bits per heavy atom. The number of alkyl halides is 4. The van der Waals surface area contributed by atoms with Crippen LogP contribution in [0.15, 0.2) is 24.7 Å². The predicted molar refractivity (Wildman–Crippen MR) is 131 cm³/mol. The van der Waals surface area contributed by atoms with E-state index in [-0.39, 0.29) is 46.5 Å². The summed E-state index contributed by atoms with van der Waals surface area (Å²) in [5, 5.41) is 6.68. The Kier molecular flexibility index (Phi) is 6.44. The Bertz CT molecular complexity index is 1370. The lowest BCUT2D eigenvalue weighted by atomic mass is 9.86. The fourth-order valence-corrected chi connectivity index (χ4v) is 5.82. The summed E-state index contributed by atoms with van der Waals surface area (Å²) >= 11 is 0. The molecule has 0 bridgehead atoms. The number of ether oxygens (including phenoxy) is 1. The van der Waals surface area contributed by atoms with E-state index in [0.29, 0.717) is 6.54 Å². The summed E-state index contributed by atoms with van der Waals surface area (Å²) in [5.74, 6) is -1.02. The van der Waals surface area contributed by atoms with Crippen molar-refractivity contribution in [2.45, 2.75) is 57.5 Å². The molecule has 38 heavy (non-hydrogen) atoms. The van der Waals surface area contributed by atoms with Gasteiger partial charge in [0.1, 0.15) is 23.6 Å². The molecular formula is C25H29F4N7O2. The lowest BCUT2D eigenvalue weighted by molar-refractivity contribution is -0.136. The van der Waals surface area contributed by atoms with Gasteiger partial charge < -0.3 is 15.8 Å². The van der Waals surface area contributed by atoms with E-state index in [1.54, 1.807) is 0 Å². The van der Waals surface area contributed by atoms with Crippen molar-refractivity contribution in [1.29, 1.82) is 0 Å². The quantitative estimate of drug-likeness (QED) is 0.479. The topological polar surface area (TPSA) is 111 Å². The average Bonchev–Trinajstić information content (AvgIpc) is 3.53. The highest BCUT2D eigenvalue weighted by molar-refractivity contribution is 5.98. The molecule has 1 aliphatic heterocycles. The van der Waals surface area contributed by atoms with Crippen molar-refractivity contribution >= 4 is 17.2 Å². The number of carbonyl (C=O) groups excluding carboxylic acids is 1. The van der Waals surface area contributed by atoms with Crippen LogP contribution in [0, 0.1) is 5.41 Å². The van der Waals surface area contributed by atoms with Gasteiger partial charge in [0.25, 0.3) is 5.91 Å². The van der Waals surface area contributed by atoms with Gasteiger partial charge in [-0.15, -0.1) is 0 Å². The lowest BCUT2D eigenvalue weighted by Gasteiger charge is -2.34. The van der Waals surface area contributed by atoms with E-state index in [1.807, 2.05) is 0 Å². The molecule has 1 saturated heterocycles. The van der Waals surface area contributed by atoms with Gasteiger partial charge in [-0.25, -0.2) is 18.9 Å². The third kappa shape index (κ3) is 4.52. The van der Waals surface area contributed by atoms with Crippen molar-refractivity contribution in [2.24, 2.45) is 5.41 Å². The molecule has 0 aromatic carbocycles. The number of fused-ring (bicyclic) bond motifs is 1. The fourth-order valence-electron chi connectivity index (χ4n) is 5.82. The van der Waals surface area contributed by atoms with E-state index in [9.17, 15) is 18.0 Å². The summed E-state index contributed by atoms with van der Waals surface area (Å²) in [5.41, 5.74) is 4.51. The van der Waals surface area contributed by atoms with Gasteiger partial charge in [0.05, 0.1) is 24.4 Å². The van der Waals surface area contributed by atoms with Gasteiger partial charge in [0, 0.05) is 30.9 Å². The Labute approximate surface area is 216 Å². The first-order valence-electron chi connectivity index (χ1n) is 12.3. The fraction of sp³-hybridized carbons (Fsp3) is 0.520. The summed E-state index contributed by atoms with van der Waals surface area (Å²) < 4.78 is 62.5. The zero-order valence-electron chi connectivity index (χ0n) is 21.2. The maximum atomic E-state index is 15.0. The smallest absolute Gasteiger partial charge is 0.418 e. The first kappa shape index (κ1) is 26.1. The molecular weight excluding hydrogens is 506 g/mol. The number of hydrogen-bond donors (Lipinski definition) is 2. The molecule has 3 atom stereocenters. The molecule has 3 aromatic rings. The molecule has 5 rings (SSSR count). The second-order valence-electron chi connectivity index (χ2n) is 10.6. The van der Waals surface area contributed by atoms with E-state index >= 15 is 4.39 Å². The molecule has 4 heterocycles. The first-order valence-corrected chi connectivity index (χ1v) is 12.3. The van der Waals surface area contributed by atoms with Gasteiger partial charge in [-0.1, -0.05) is 20.3 Å². The van der Waals surface area contributed by atoms with Crippen LogP contribution < -0.4 is 15.8 Å². The van der Waals surface area contributed by atoms with Gasteiger partial charge >= 0.3 is 6.18 Å². The molecule has 9 nitrogen and oxygen atoms in total. The van der Waals surface area contributed by atoms with Crippen molar-refractivity contribution in [2.75, 3.05) is 25.9 Å². The predicted octanol–water partition coefficient (Wildman–Crippen LogP) is 3.73. The third-order valence-corrected chi connectivity index (χ3v) is 7.71. The van der Waals surface area contributed by atoms with Crippen LogP contribution in [0.25, 0.3) is 16.8 Å². The number of methoxy groups -OCH3 is 1. The van der Waals surface area contributed by atoms with Crippen LogP contribution in [-0.2, 0) is 6.18 Å². The molecule has 13 heteroatoms.